The molecule has 5 heteroatoms. The molecular weight excluding hydrogens is 155 g/mol. The molecule has 0 amide bonds. The van der Waals surface area contributed by atoms with E-state index in [4.69, 9.17) is 0 Å². The maximum absolute atomic E-state index is 2.74. The Morgan fingerprint density at radius 2 is 0.800 bits per heavy atom. The Hall–Kier alpha value is 2.15. The van der Waals surface area contributed by atoms with E-state index < -0.39 is 6.02 Å². The van der Waals surface area contributed by atoms with Gasteiger partial charge in [0.1, 0.15) is 0 Å². The van der Waals surface area contributed by atoms with Crippen molar-refractivity contribution in [2.75, 3.05) is 0 Å². The minimum atomic E-state index is -0.944. The molecule has 0 aliphatic heterocycles. The molecular formula is H9P5. The van der Waals surface area contributed by atoms with Gasteiger partial charge in [-0.1, -0.05) is 0 Å². The van der Waals surface area contributed by atoms with E-state index in [-0.39, 0.29) is 0 Å². The fourth-order valence-electron chi connectivity index (χ4n) is 0. The zero-order chi connectivity index (χ0) is 4.50. The second kappa shape index (κ2) is 2.46. The first-order chi connectivity index (χ1) is 2.00. The fraction of sp³-hybridized carbons (Fsp3) is 0. The predicted octanol–water partition coefficient (Wildman–Crippen LogP) is 1.90. The molecule has 0 fully saturated rings. The minimum absolute atomic E-state index is 0.944. The van der Waals surface area contributed by atoms with Crippen LogP contribution in [0.15, 0.2) is 0 Å². The summed E-state index contributed by atoms with van der Waals surface area (Å²) >= 11 is 0. The third-order valence-corrected chi connectivity index (χ3v) is 0. The first kappa shape index (κ1) is 7.15. The molecule has 0 N–H and O–H groups in total. The van der Waals surface area contributed by atoms with E-state index in [1.165, 1.54) is 0 Å². The average molecular weight is 164 g/mol. The van der Waals surface area contributed by atoms with Crippen LogP contribution in [-0.2, 0) is 0 Å². The molecule has 4 atom stereocenters. The van der Waals surface area contributed by atoms with Crippen molar-refractivity contribution in [1.82, 2.24) is 0 Å². The summed E-state index contributed by atoms with van der Waals surface area (Å²) in [5, 5.41) is 0. The van der Waals surface area contributed by atoms with Crippen molar-refractivity contribution in [3.63, 3.8) is 0 Å². The van der Waals surface area contributed by atoms with Gasteiger partial charge in [0.25, 0.3) is 0 Å². The number of rotatable bonds is 0. The van der Waals surface area contributed by atoms with Crippen molar-refractivity contribution in [2.24, 2.45) is 0 Å². The van der Waals surface area contributed by atoms with Crippen LogP contribution >= 0.6 is 41.7 Å². The second-order valence-corrected chi connectivity index (χ2v) is 27.0. The normalized spacial score (nSPS) is 15.2. The van der Waals surface area contributed by atoms with Crippen LogP contribution in [0.4, 0.5) is 0 Å². The van der Waals surface area contributed by atoms with Gasteiger partial charge in [0.05, 0.1) is 0 Å². The molecule has 0 aliphatic rings. The summed E-state index contributed by atoms with van der Waals surface area (Å²) in [4.78, 5) is 0. The quantitative estimate of drug-likeness (QED) is 0.479. The Morgan fingerprint density at radius 3 is 0.800 bits per heavy atom. The number of hydrogen-bond acceptors (Lipinski definition) is 0. The second-order valence-electron chi connectivity index (χ2n) is 1.00. The molecule has 0 bridgehead atoms. The van der Waals surface area contributed by atoms with E-state index in [9.17, 15) is 0 Å². The topological polar surface area (TPSA) is 0 Å². The van der Waals surface area contributed by atoms with E-state index in [0.29, 0.717) is 0 Å². The van der Waals surface area contributed by atoms with Gasteiger partial charge in [0.2, 0.25) is 0 Å². The van der Waals surface area contributed by atoms with Crippen LogP contribution in [0.2, 0.25) is 0 Å². The number of hydrogen-bond donors (Lipinski definition) is 0. The summed E-state index contributed by atoms with van der Waals surface area (Å²) in [6.45, 7) is 0. The molecule has 0 aliphatic carbocycles. The van der Waals surface area contributed by atoms with Crippen molar-refractivity contribution in [1.29, 1.82) is 0 Å². The zero-order valence-electron chi connectivity index (χ0n) is 2.81. The average Bonchev–Trinajstić information content (AvgIpc) is 0.722. The van der Waals surface area contributed by atoms with Crippen molar-refractivity contribution in [3.05, 3.63) is 0 Å². The molecule has 0 aromatic carbocycles. The summed E-state index contributed by atoms with van der Waals surface area (Å²) < 4.78 is 0. The van der Waals surface area contributed by atoms with Crippen molar-refractivity contribution in [2.45, 2.75) is 0 Å². The fourth-order valence-corrected chi connectivity index (χ4v) is 0. The Balaban J connectivity index is 3.02. The van der Waals surface area contributed by atoms with E-state index in [1.54, 1.807) is 0 Å². The van der Waals surface area contributed by atoms with Crippen LogP contribution < -0.4 is 0 Å². The van der Waals surface area contributed by atoms with Crippen LogP contribution in [-0.4, -0.2) is 0 Å². The van der Waals surface area contributed by atoms with Gasteiger partial charge in [-0.05, 0) is 0 Å². The summed E-state index contributed by atoms with van der Waals surface area (Å²) in [5.74, 6) is 0. The Bertz CT molecular complexity index is 15.5. The van der Waals surface area contributed by atoms with Crippen LogP contribution in [0.25, 0.3) is 0 Å². The molecule has 5 heavy (non-hydrogen) atoms. The zero-order valence-corrected chi connectivity index (χ0v) is 8.43. The summed E-state index contributed by atoms with van der Waals surface area (Å²) in [6.07, 6.45) is 0. The first-order valence-electron chi connectivity index (χ1n) is 1.15. The summed E-state index contributed by atoms with van der Waals surface area (Å²) in [5.41, 5.74) is 0. The Morgan fingerprint density at radius 1 is 0.800 bits per heavy atom. The van der Waals surface area contributed by atoms with Gasteiger partial charge < -0.3 is 0 Å². The molecule has 0 saturated carbocycles. The molecule has 0 radical (unpaired) electrons. The van der Waals surface area contributed by atoms with E-state index >= 15 is 0 Å². The van der Waals surface area contributed by atoms with Gasteiger partial charge in [-0.2, -0.15) is 0 Å². The molecule has 0 aromatic rings. The molecule has 0 saturated heterocycles. The summed E-state index contributed by atoms with van der Waals surface area (Å²) in [6, 6.07) is -0.944. The molecule has 0 spiro atoms. The Kier molecular flexibility index (Phi) is 3.51. The van der Waals surface area contributed by atoms with E-state index in [1.807, 2.05) is 0 Å². The van der Waals surface area contributed by atoms with E-state index in [2.05, 4.69) is 35.7 Å². The van der Waals surface area contributed by atoms with Crippen LogP contribution in [0.3, 0.4) is 0 Å². The SMILES string of the molecule is P[PH](P)(P)P. The standard InChI is InChI=1S/H9P5/c1-5(2,3)4/h5H,1-4H2. The van der Waals surface area contributed by atoms with Crippen molar-refractivity contribution >= 4 is 41.7 Å². The van der Waals surface area contributed by atoms with Crippen LogP contribution in [0.5, 0.6) is 0 Å². The molecule has 0 aromatic heterocycles. The molecule has 0 nitrogen and oxygen atoms in total. The molecule has 0 heterocycles. The molecule has 0 rings (SSSR count). The Labute approximate surface area is 42.4 Å². The van der Waals surface area contributed by atoms with Gasteiger partial charge in [-0.15, -0.1) is 0 Å². The summed E-state index contributed by atoms with van der Waals surface area (Å²) in [7, 11) is 11.0. The van der Waals surface area contributed by atoms with Gasteiger partial charge in [-0.25, -0.2) is 0 Å². The van der Waals surface area contributed by atoms with Gasteiger partial charge in [-0.3, -0.25) is 0 Å². The molecule has 4 unspecified atom stereocenters. The van der Waals surface area contributed by atoms with Crippen LogP contribution in [0.1, 0.15) is 0 Å². The van der Waals surface area contributed by atoms with Crippen LogP contribution in [0, 0.1) is 0 Å². The van der Waals surface area contributed by atoms with E-state index in [0.717, 1.165) is 0 Å². The van der Waals surface area contributed by atoms with Gasteiger partial charge in [0.15, 0.2) is 0 Å². The first-order valence-corrected chi connectivity index (χ1v) is 10.4. The predicted molar refractivity (Wildman–Crippen MR) is 47.2 cm³/mol. The molecule has 34 valence electrons. The van der Waals surface area contributed by atoms with Gasteiger partial charge in [0, 0.05) is 0 Å². The maximum atomic E-state index is 2.74. The van der Waals surface area contributed by atoms with Crippen molar-refractivity contribution in [3.8, 4) is 0 Å². The third kappa shape index (κ3) is 22.9. The van der Waals surface area contributed by atoms with Gasteiger partial charge >= 0.3 is 41.7 Å². The third-order valence-electron chi connectivity index (χ3n) is 0. The van der Waals surface area contributed by atoms with Crippen molar-refractivity contribution < 1.29 is 0 Å². The monoisotopic (exact) mass is 164 g/mol.